The SMILES string of the molecule is CCN(CC)CCOCCOCCOCCOCCOCCOCCOCCOCCOCCOCCC(=O)OC(C)(C)C. The number of nitrogens with zero attached hydrogens (tertiary/aromatic N) is 1. The third kappa shape index (κ3) is 35.5. The Balaban J connectivity index is 3.12. The van der Waals surface area contributed by atoms with Gasteiger partial charge < -0.3 is 57.0 Å². The lowest BCUT2D eigenvalue weighted by atomic mass is 10.2. The fourth-order valence-corrected chi connectivity index (χ4v) is 3.36. The molecule has 0 radical (unpaired) electrons. The lowest BCUT2D eigenvalue weighted by molar-refractivity contribution is -0.156. The molecule has 0 rings (SSSR count). The minimum atomic E-state index is -0.471. The number of carbonyl (C=O) groups is 1. The molecule has 13 nitrogen and oxygen atoms in total. The van der Waals surface area contributed by atoms with Gasteiger partial charge in [-0.05, 0) is 33.9 Å². The fraction of sp³-hybridized carbons (Fsp3) is 0.968. The van der Waals surface area contributed by atoms with Crippen molar-refractivity contribution in [1.29, 1.82) is 0 Å². The first kappa shape index (κ1) is 43.0. The summed E-state index contributed by atoms with van der Waals surface area (Å²) in [5.41, 5.74) is -0.471. The molecule has 0 saturated heterocycles. The topological polar surface area (TPSA) is 122 Å². The molecule has 0 fully saturated rings. The van der Waals surface area contributed by atoms with Crippen molar-refractivity contribution in [2.75, 3.05) is 152 Å². The Morgan fingerprint density at radius 2 is 0.682 bits per heavy atom. The van der Waals surface area contributed by atoms with Crippen LogP contribution in [0.3, 0.4) is 0 Å². The van der Waals surface area contributed by atoms with Gasteiger partial charge in [0.05, 0.1) is 139 Å². The minimum Gasteiger partial charge on any atom is -0.460 e. The molecule has 0 aromatic heterocycles. The largest absolute Gasteiger partial charge is 0.460 e. The van der Waals surface area contributed by atoms with Gasteiger partial charge in [-0.2, -0.15) is 0 Å². The number of hydrogen-bond acceptors (Lipinski definition) is 13. The van der Waals surface area contributed by atoms with Crippen LogP contribution in [0, 0.1) is 0 Å². The molecule has 13 heteroatoms. The van der Waals surface area contributed by atoms with Gasteiger partial charge in [0, 0.05) is 6.54 Å². The number of likely N-dealkylation sites (N-methyl/N-ethyl adjacent to an activating group) is 1. The summed E-state index contributed by atoms with van der Waals surface area (Å²) in [6.45, 7) is 23.1. The Hall–Kier alpha value is -0.970. The number of esters is 1. The third-order valence-electron chi connectivity index (χ3n) is 5.66. The van der Waals surface area contributed by atoms with Gasteiger partial charge >= 0.3 is 5.97 Å². The molecule has 44 heavy (non-hydrogen) atoms. The van der Waals surface area contributed by atoms with E-state index in [1.54, 1.807) is 0 Å². The number of ether oxygens (including phenoxy) is 11. The van der Waals surface area contributed by atoms with Gasteiger partial charge in [0.2, 0.25) is 0 Å². The molecule has 0 aliphatic heterocycles. The highest BCUT2D eigenvalue weighted by Gasteiger charge is 2.15. The summed E-state index contributed by atoms with van der Waals surface area (Å²) in [6.07, 6.45) is 0.235. The van der Waals surface area contributed by atoms with Crippen molar-refractivity contribution in [2.24, 2.45) is 0 Å². The summed E-state index contributed by atoms with van der Waals surface area (Å²) in [4.78, 5) is 13.9. The first-order valence-electron chi connectivity index (χ1n) is 16.1. The third-order valence-corrected chi connectivity index (χ3v) is 5.66. The van der Waals surface area contributed by atoms with E-state index in [-0.39, 0.29) is 12.4 Å². The zero-order chi connectivity index (χ0) is 32.4. The molecular formula is C31H63NO12. The van der Waals surface area contributed by atoms with E-state index in [2.05, 4.69) is 18.7 Å². The van der Waals surface area contributed by atoms with Gasteiger partial charge in [-0.3, -0.25) is 4.79 Å². The van der Waals surface area contributed by atoms with Crippen molar-refractivity contribution in [3.05, 3.63) is 0 Å². The van der Waals surface area contributed by atoms with Gasteiger partial charge in [-0.1, -0.05) is 13.8 Å². The average Bonchev–Trinajstić information content (AvgIpc) is 2.98. The van der Waals surface area contributed by atoms with Gasteiger partial charge in [0.15, 0.2) is 0 Å². The van der Waals surface area contributed by atoms with E-state index in [9.17, 15) is 4.79 Å². The number of rotatable bonds is 35. The van der Waals surface area contributed by atoms with Crippen LogP contribution < -0.4 is 0 Å². The van der Waals surface area contributed by atoms with E-state index in [0.29, 0.717) is 126 Å². The Kier molecular flexibility index (Phi) is 32.7. The first-order valence-corrected chi connectivity index (χ1v) is 16.1. The van der Waals surface area contributed by atoms with Crippen LogP contribution in [0.1, 0.15) is 41.0 Å². The maximum absolute atomic E-state index is 11.6. The number of hydrogen-bond donors (Lipinski definition) is 0. The summed E-state index contributed by atoms with van der Waals surface area (Å²) in [6, 6.07) is 0. The zero-order valence-corrected chi connectivity index (χ0v) is 28.3. The highest BCUT2D eigenvalue weighted by Crippen LogP contribution is 2.08. The van der Waals surface area contributed by atoms with Crippen LogP contribution in [-0.4, -0.2) is 168 Å². The van der Waals surface area contributed by atoms with E-state index in [0.717, 1.165) is 26.2 Å². The van der Waals surface area contributed by atoms with E-state index >= 15 is 0 Å². The van der Waals surface area contributed by atoms with Crippen molar-refractivity contribution in [1.82, 2.24) is 4.90 Å². The highest BCUT2D eigenvalue weighted by molar-refractivity contribution is 5.69. The second-order valence-electron chi connectivity index (χ2n) is 10.5. The van der Waals surface area contributed by atoms with Crippen molar-refractivity contribution in [3.63, 3.8) is 0 Å². The van der Waals surface area contributed by atoms with Crippen LogP contribution in [0.25, 0.3) is 0 Å². The summed E-state index contributed by atoms with van der Waals surface area (Å²) in [7, 11) is 0. The monoisotopic (exact) mass is 641 g/mol. The molecule has 0 unspecified atom stereocenters. The first-order chi connectivity index (χ1) is 21.4. The molecule has 0 atom stereocenters. The molecule has 264 valence electrons. The summed E-state index contributed by atoms with van der Waals surface area (Å²) >= 11 is 0. The second-order valence-corrected chi connectivity index (χ2v) is 10.5. The molecule has 0 heterocycles. The highest BCUT2D eigenvalue weighted by atomic mass is 16.6. The fourth-order valence-electron chi connectivity index (χ4n) is 3.36. The van der Waals surface area contributed by atoms with Crippen LogP contribution in [0.2, 0.25) is 0 Å². The standard InChI is InChI=1S/C31H63NO12/c1-6-32(7-2)9-11-35-13-15-37-17-19-39-21-23-41-25-27-43-29-28-42-26-24-40-22-20-38-18-16-36-14-12-34-10-8-30(33)44-31(3,4)5/h6-29H2,1-5H3. The van der Waals surface area contributed by atoms with Crippen LogP contribution in [0.5, 0.6) is 0 Å². The van der Waals surface area contributed by atoms with Crippen LogP contribution in [0.4, 0.5) is 0 Å². The number of carbonyl (C=O) groups excluding carboxylic acids is 1. The molecule has 0 bridgehead atoms. The molecule has 0 amide bonds. The molecule has 0 aliphatic carbocycles. The summed E-state index contributed by atoms with van der Waals surface area (Å²) in [5, 5.41) is 0. The van der Waals surface area contributed by atoms with Gasteiger partial charge in [-0.15, -0.1) is 0 Å². The second kappa shape index (κ2) is 33.4. The Labute approximate surface area is 266 Å². The molecule has 0 spiro atoms. The Morgan fingerprint density at radius 3 is 0.932 bits per heavy atom. The molecule has 0 aromatic rings. The van der Waals surface area contributed by atoms with Crippen LogP contribution in [0.15, 0.2) is 0 Å². The maximum atomic E-state index is 11.6. The van der Waals surface area contributed by atoms with E-state index in [1.165, 1.54) is 0 Å². The molecule has 0 N–H and O–H groups in total. The van der Waals surface area contributed by atoms with E-state index in [4.69, 9.17) is 52.1 Å². The average molecular weight is 642 g/mol. The van der Waals surface area contributed by atoms with Gasteiger partial charge in [0.25, 0.3) is 0 Å². The van der Waals surface area contributed by atoms with E-state index in [1.807, 2.05) is 20.8 Å². The van der Waals surface area contributed by atoms with Crippen molar-refractivity contribution < 1.29 is 56.9 Å². The zero-order valence-electron chi connectivity index (χ0n) is 28.3. The molecule has 0 saturated carbocycles. The van der Waals surface area contributed by atoms with Gasteiger partial charge in [0.1, 0.15) is 5.60 Å². The molecule has 0 aromatic carbocycles. The maximum Gasteiger partial charge on any atom is 0.308 e. The smallest absolute Gasteiger partial charge is 0.308 e. The quantitative estimate of drug-likeness (QED) is 0.0744. The predicted octanol–water partition coefficient (Wildman–Crippen LogP) is 2.23. The van der Waals surface area contributed by atoms with Crippen LogP contribution in [-0.2, 0) is 56.9 Å². The summed E-state index contributed by atoms with van der Waals surface area (Å²) in [5.74, 6) is -0.262. The summed E-state index contributed by atoms with van der Waals surface area (Å²) < 4.78 is 59.9. The van der Waals surface area contributed by atoms with Crippen LogP contribution >= 0.6 is 0 Å². The van der Waals surface area contributed by atoms with E-state index < -0.39 is 5.60 Å². The van der Waals surface area contributed by atoms with Crippen molar-refractivity contribution >= 4 is 5.97 Å². The predicted molar refractivity (Wildman–Crippen MR) is 166 cm³/mol. The minimum absolute atomic E-state index is 0.235. The molecular weight excluding hydrogens is 578 g/mol. The van der Waals surface area contributed by atoms with Crippen molar-refractivity contribution in [2.45, 2.75) is 46.6 Å². The normalized spacial score (nSPS) is 12.0. The van der Waals surface area contributed by atoms with Crippen molar-refractivity contribution in [3.8, 4) is 0 Å². The lowest BCUT2D eigenvalue weighted by Gasteiger charge is -2.19. The van der Waals surface area contributed by atoms with Gasteiger partial charge in [-0.25, -0.2) is 0 Å². The lowest BCUT2D eigenvalue weighted by Crippen LogP contribution is -2.27. The molecule has 0 aliphatic rings. The Bertz CT molecular complexity index is 590. The Morgan fingerprint density at radius 1 is 0.432 bits per heavy atom.